The maximum atomic E-state index is 13.9. The monoisotopic (exact) mass is 424 g/mol. The first kappa shape index (κ1) is 22.6. The van der Waals surface area contributed by atoms with E-state index in [1.165, 1.54) is 26.4 Å². The lowest BCUT2D eigenvalue weighted by Gasteiger charge is -2.22. The van der Waals surface area contributed by atoms with Crippen LogP contribution in [0.4, 0.5) is 10.1 Å². The van der Waals surface area contributed by atoms with Gasteiger partial charge in [-0.1, -0.05) is 26.0 Å². The first-order valence-corrected chi connectivity index (χ1v) is 10.4. The number of amides is 1. The molecule has 0 saturated heterocycles. The van der Waals surface area contributed by atoms with E-state index in [1.807, 2.05) is 0 Å². The number of anilines is 1. The number of methoxy groups -OCH3 is 2. The SMILES string of the molecule is COc1cc(C)c(NC(=O)C(NS(=O)(=O)c2ccccc2F)C(C)C)cc1OC. The smallest absolute Gasteiger partial charge is 0.244 e. The molecule has 0 aliphatic carbocycles. The Bertz CT molecular complexity index is 992. The Labute approximate surface area is 170 Å². The van der Waals surface area contributed by atoms with Gasteiger partial charge in [-0.2, -0.15) is 4.72 Å². The van der Waals surface area contributed by atoms with Crippen LogP contribution in [0, 0.1) is 18.7 Å². The number of rotatable bonds is 8. The lowest BCUT2D eigenvalue weighted by molar-refractivity contribution is -0.118. The molecule has 2 rings (SSSR count). The van der Waals surface area contributed by atoms with Crippen molar-refractivity contribution >= 4 is 21.6 Å². The summed E-state index contributed by atoms with van der Waals surface area (Å²) in [5.74, 6) is -0.934. The average Bonchev–Trinajstić information content (AvgIpc) is 2.67. The molecule has 0 saturated carbocycles. The zero-order valence-electron chi connectivity index (χ0n) is 16.9. The van der Waals surface area contributed by atoms with Gasteiger partial charge in [0, 0.05) is 11.8 Å². The fourth-order valence-corrected chi connectivity index (χ4v) is 4.13. The van der Waals surface area contributed by atoms with Crippen LogP contribution < -0.4 is 19.5 Å². The molecule has 0 spiro atoms. The summed E-state index contributed by atoms with van der Waals surface area (Å²) in [6, 6.07) is 7.16. The third-order valence-electron chi connectivity index (χ3n) is 4.35. The normalized spacial score (nSPS) is 12.5. The van der Waals surface area contributed by atoms with Crippen molar-refractivity contribution in [1.29, 1.82) is 0 Å². The third kappa shape index (κ3) is 5.24. The van der Waals surface area contributed by atoms with Crippen molar-refractivity contribution in [3.05, 3.63) is 47.8 Å². The van der Waals surface area contributed by atoms with E-state index in [9.17, 15) is 17.6 Å². The molecule has 0 bridgehead atoms. The van der Waals surface area contributed by atoms with Crippen molar-refractivity contribution in [2.75, 3.05) is 19.5 Å². The van der Waals surface area contributed by atoms with Gasteiger partial charge in [0.25, 0.3) is 0 Å². The van der Waals surface area contributed by atoms with Gasteiger partial charge >= 0.3 is 0 Å². The predicted octanol–water partition coefficient (Wildman–Crippen LogP) is 3.09. The molecule has 9 heteroatoms. The highest BCUT2D eigenvalue weighted by Crippen LogP contribution is 2.33. The highest BCUT2D eigenvalue weighted by molar-refractivity contribution is 7.89. The molecule has 158 valence electrons. The number of carbonyl (C=O) groups excluding carboxylic acids is 1. The van der Waals surface area contributed by atoms with Gasteiger partial charge < -0.3 is 14.8 Å². The Balaban J connectivity index is 2.30. The molecule has 2 aromatic rings. The van der Waals surface area contributed by atoms with Crippen molar-refractivity contribution in [3.63, 3.8) is 0 Å². The molecule has 2 aromatic carbocycles. The zero-order chi connectivity index (χ0) is 21.8. The molecule has 2 N–H and O–H groups in total. The molecular weight excluding hydrogens is 399 g/mol. The van der Waals surface area contributed by atoms with Crippen molar-refractivity contribution in [2.24, 2.45) is 5.92 Å². The fourth-order valence-electron chi connectivity index (χ4n) is 2.71. The summed E-state index contributed by atoms with van der Waals surface area (Å²) in [7, 11) is -1.26. The minimum atomic E-state index is -4.24. The molecule has 0 radical (unpaired) electrons. The fraction of sp³-hybridized carbons (Fsp3) is 0.350. The van der Waals surface area contributed by atoms with Crippen molar-refractivity contribution in [2.45, 2.75) is 31.7 Å². The number of ether oxygens (including phenoxy) is 2. The van der Waals surface area contributed by atoms with Crippen molar-refractivity contribution < 1.29 is 27.1 Å². The predicted molar refractivity (Wildman–Crippen MR) is 108 cm³/mol. The molecule has 0 aliphatic heterocycles. The second-order valence-electron chi connectivity index (χ2n) is 6.78. The summed E-state index contributed by atoms with van der Waals surface area (Å²) >= 11 is 0. The molecule has 0 fully saturated rings. The number of hydrogen-bond acceptors (Lipinski definition) is 5. The average molecular weight is 424 g/mol. The number of carbonyl (C=O) groups is 1. The largest absolute Gasteiger partial charge is 0.493 e. The summed E-state index contributed by atoms with van der Waals surface area (Å²) in [5, 5.41) is 2.71. The number of halogens is 1. The zero-order valence-corrected chi connectivity index (χ0v) is 17.8. The molecule has 0 aliphatic rings. The molecule has 0 aromatic heterocycles. The summed E-state index contributed by atoms with van der Waals surface area (Å²) in [6.45, 7) is 5.15. The molecule has 7 nitrogen and oxygen atoms in total. The topological polar surface area (TPSA) is 93.7 Å². The number of sulfonamides is 1. The van der Waals surface area contributed by atoms with Crippen molar-refractivity contribution in [1.82, 2.24) is 4.72 Å². The minimum Gasteiger partial charge on any atom is -0.493 e. The lowest BCUT2D eigenvalue weighted by Crippen LogP contribution is -2.47. The van der Waals surface area contributed by atoms with Crippen molar-refractivity contribution in [3.8, 4) is 11.5 Å². The molecular formula is C20H25FN2O5S. The Morgan fingerprint density at radius 1 is 1.07 bits per heavy atom. The number of hydrogen-bond donors (Lipinski definition) is 2. The molecule has 1 atom stereocenters. The van der Waals surface area contributed by atoms with Gasteiger partial charge in [0.2, 0.25) is 15.9 Å². The van der Waals surface area contributed by atoms with Crippen LogP contribution in [0.1, 0.15) is 19.4 Å². The van der Waals surface area contributed by atoms with Gasteiger partial charge in [-0.3, -0.25) is 4.79 Å². The van der Waals surface area contributed by atoms with E-state index in [0.29, 0.717) is 22.7 Å². The molecule has 29 heavy (non-hydrogen) atoms. The van der Waals surface area contributed by atoms with Crippen LogP contribution in [-0.2, 0) is 14.8 Å². The second-order valence-corrected chi connectivity index (χ2v) is 8.47. The van der Waals surface area contributed by atoms with Gasteiger partial charge in [-0.15, -0.1) is 0 Å². The highest BCUT2D eigenvalue weighted by Gasteiger charge is 2.30. The van der Waals surface area contributed by atoms with Crippen LogP contribution in [0.3, 0.4) is 0 Å². The van der Waals surface area contributed by atoms with Gasteiger partial charge in [0.15, 0.2) is 11.5 Å². The van der Waals surface area contributed by atoms with Crippen LogP contribution in [0.5, 0.6) is 11.5 Å². The summed E-state index contributed by atoms with van der Waals surface area (Å²) in [5.41, 5.74) is 1.15. The maximum absolute atomic E-state index is 13.9. The number of aryl methyl sites for hydroxylation is 1. The van der Waals surface area contributed by atoms with Gasteiger partial charge in [0.05, 0.1) is 14.2 Å². The highest BCUT2D eigenvalue weighted by atomic mass is 32.2. The first-order valence-electron chi connectivity index (χ1n) is 8.91. The van der Waals surface area contributed by atoms with E-state index < -0.39 is 38.6 Å². The van der Waals surface area contributed by atoms with Crippen LogP contribution in [0.2, 0.25) is 0 Å². The molecule has 0 heterocycles. The van der Waals surface area contributed by atoms with Crippen LogP contribution >= 0.6 is 0 Å². The van der Waals surface area contributed by atoms with Crippen LogP contribution in [-0.4, -0.2) is 34.6 Å². The minimum absolute atomic E-state index is 0.392. The number of nitrogens with one attached hydrogen (secondary N) is 2. The standard InChI is InChI=1S/C20H25FN2O5S/c1-12(2)19(23-29(25,26)18-9-7-6-8-14(18)21)20(24)22-15-11-17(28-5)16(27-4)10-13(15)3/h6-12,19,23H,1-5H3,(H,22,24). The number of benzene rings is 2. The third-order valence-corrected chi connectivity index (χ3v) is 5.82. The maximum Gasteiger partial charge on any atom is 0.244 e. The quantitative estimate of drug-likeness (QED) is 0.679. The van der Waals surface area contributed by atoms with E-state index in [2.05, 4.69) is 10.0 Å². The summed E-state index contributed by atoms with van der Waals surface area (Å²) in [4.78, 5) is 12.3. The van der Waals surface area contributed by atoms with Gasteiger partial charge in [0.1, 0.15) is 16.8 Å². The van der Waals surface area contributed by atoms with Crippen LogP contribution in [0.15, 0.2) is 41.3 Å². The lowest BCUT2D eigenvalue weighted by atomic mass is 10.0. The summed E-state index contributed by atoms with van der Waals surface area (Å²) in [6.07, 6.45) is 0. The molecule has 1 amide bonds. The van der Waals surface area contributed by atoms with E-state index in [4.69, 9.17) is 9.47 Å². The second kappa shape index (κ2) is 9.23. The summed E-state index contributed by atoms with van der Waals surface area (Å²) < 4.78 is 51.9. The Morgan fingerprint density at radius 3 is 2.21 bits per heavy atom. The Kier molecular flexibility index (Phi) is 7.21. The van der Waals surface area contributed by atoms with Gasteiger partial charge in [-0.05, 0) is 36.6 Å². The van der Waals surface area contributed by atoms with E-state index >= 15 is 0 Å². The Morgan fingerprint density at radius 2 is 1.66 bits per heavy atom. The Hall–Kier alpha value is -2.65. The van der Waals surface area contributed by atoms with Gasteiger partial charge in [-0.25, -0.2) is 12.8 Å². The van der Waals surface area contributed by atoms with Crippen LogP contribution in [0.25, 0.3) is 0 Å². The molecule has 1 unspecified atom stereocenters. The first-order chi connectivity index (χ1) is 13.6. The van der Waals surface area contributed by atoms with E-state index in [0.717, 1.165) is 12.1 Å². The van der Waals surface area contributed by atoms with E-state index in [-0.39, 0.29) is 0 Å². The van der Waals surface area contributed by atoms with E-state index in [1.54, 1.807) is 32.9 Å².